The molecule has 1 atom stereocenters. The Labute approximate surface area is 139 Å². The van der Waals surface area contributed by atoms with Gasteiger partial charge in [0.1, 0.15) is 17.6 Å². The molecule has 0 radical (unpaired) electrons. The van der Waals surface area contributed by atoms with Crippen LogP contribution in [0, 0.1) is 17.2 Å². The van der Waals surface area contributed by atoms with Crippen LogP contribution in [0.1, 0.15) is 44.2 Å². The minimum Gasteiger partial charge on any atom is -0.494 e. The van der Waals surface area contributed by atoms with Gasteiger partial charge in [0.15, 0.2) is 0 Å². The van der Waals surface area contributed by atoms with E-state index in [1.807, 2.05) is 6.92 Å². The molecular weight excluding hydrogens is 288 g/mol. The second-order valence-electron chi connectivity index (χ2n) is 6.72. The van der Waals surface area contributed by atoms with Crippen molar-refractivity contribution in [2.45, 2.75) is 52.2 Å². The molecule has 3 rings (SSSR count). The minimum absolute atomic E-state index is 0.246. The van der Waals surface area contributed by atoms with Gasteiger partial charge in [0.25, 0.3) is 0 Å². The highest BCUT2D eigenvalue weighted by atomic mass is 16.5. The van der Waals surface area contributed by atoms with Crippen LogP contribution >= 0.6 is 0 Å². The molecule has 0 N–H and O–H groups in total. The van der Waals surface area contributed by atoms with Crippen molar-refractivity contribution in [2.75, 3.05) is 19.7 Å². The highest BCUT2D eigenvalue weighted by molar-refractivity contribution is 5.48. The van der Waals surface area contributed by atoms with Crippen molar-refractivity contribution in [3.63, 3.8) is 0 Å². The van der Waals surface area contributed by atoms with Gasteiger partial charge < -0.3 is 9.47 Å². The monoisotopic (exact) mass is 314 g/mol. The summed E-state index contributed by atoms with van der Waals surface area (Å²) in [5, 5.41) is 8.90. The predicted octanol–water partition coefficient (Wildman–Crippen LogP) is 3.53. The van der Waals surface area contributed by atoms with Gasteiger partial charge >= 0.3 is 0 Å². The van der Waals surface area contributed by atoms with Gasteiger partial charge in [-0.2, -0.15) is 5.26 Å². The van der Waals surface area contributed by atoms with Gasteiger partial charge in [0.2, 0.25) is 0 Å². The van der Waals surface area contributed by atoms with Crippen LogP contribution < -0.4 is 9.47 Å². The number of ether oxygens (including phenoxy) is 2. The molecule has 4 nitrogen and oxygen atoms in total. The van der Waals surface area contributed by atoms with Crippen LogP contribution in [0.5, 0.6) is 11.5 Å². The Morgan fingerprint density at radius 1 is 1.39 bits per heavy atom. The van der Waals surface area contributed by atoms with Crippen molar-refractivity contribution in [2.24, 2.45) is 5.92 Å². The Balaban J connectivity index is 1.78. The first-order valence-electron chi connectivity index (χ1n) is 8.74. The van der Waals surface area contributed by atoms with Crippen LogP contribution in [0.3, 0.4) is 0 Å². The SMILES string of the molecule is CCOc1cc2c(cc1CN(CCC#N)CC1CC1)O[C@H](C)C2. The zero-order valence-electron chi connectivity index (χ0n) is 14.2. The van der Waals surface area contributed by atoms with Crippen LogP contribution in [0.15, 0.2) is 12.1 Å². The van der Waals surface area contributed by atoms with E-state index in [-0.39, 0.29) is 6.10 Å². The second kappa shape index (κ2) is 7.23. The van der Waals surface area contributed by atoms with E-state index in [1.165, 1.54) is 24.0 Å². The zero-order chi connectivity index (χ0) is 16.2. The molecule has 1 aromatic carbocycles. The highest BCUT2D eigenvalue weighted by Gasteiger charge is 2.26. The normalized spacial score (nSPS) is 19.3. The first-order valence-corrected chi connectivity index (χ1v) is 8.74. The molecule has 1 aliphatic heterocycles. The maximum absolute atomic E-state index is 8.90. The largest absolute Gasteiger partial charge is 0.494 e. The van der Waals surface area contributed by atoms with E-state index in [2.05, 4.69) is 30.0 Å². The van der Waals surface area contributed by atoms with Gasteiger partial charge in [-0.1, -0.05) is 0 Å². The lowest BCUT2D eigenvalue weighted by Crippen LogP contribution is -2.27. The molecule has 1 aromatic rings. The molecule has 124 valence electrons. The van der Waals surface area contributed by atoms with Crippen molar-refractivity contribution in [3.8, 4) is 17.6 Å². The number of benzene rings is 1. The van der Waals surface area contributed by atoms with E-state index in [0.717, 1.165) is 43.5 Å². The summed E-state index contributed by atoms with van der Waals surface area (Å²) < 4.78 is 11.8. The molecule has 1 saturated carbocycles. The lowest BCUT2D eigenvalue weighted by molar-refractivity contribution is 0.247. The molecule has 1 aliphatic carbocycles. The van der Waals surface area contributed by atoms with Crippen molar-refractivity contribution in [3.05, 3.63) is 23.3 Å². The summed E-state index contributed by atoms with van der Waals surface area (Å²) in [6, 6.07) is 6.57. The van der Waals surface area contributed by atoms with Crippen LogP contribution in [0.4, 0.5) is 0 Å². The molecule has 0 amide bonds. The van der Waals surface area contributed by atoms with Crippen molar-refractivity contribution < 1.29 is 9.47 Å². The Morgan fingerprint density at radius 2 is 2.22 bits per heavy atom. The molecule has 4 heteroatoms. The predicted molar refractivity (Wildman–Crippen MR) is 89.6 cm³/mol. The van der Waals surface area contributed by atoms with Gasteiger partial charge in [-0.25, -0.2) is 0 Å². The molecular formula is C19H26N2O2. The van der Waals surface area contributed by atoms with Crippen LogP contribution in [-0.2, 0) is 13.0 Å². The van der Waals surface area contributed by atoms with Gasteiger partial charge in [0, 0.05) is 43.6 Å². The molecule has 23 heavy (non-hydrogen) atoms. The third kappa shape index (κ3) is 4.17. The number of nitrogens with zero attached hydrogens (tertiary/aromatic N) is 2. The van der Waals surface area contributed by atoms with E-state index in [4.69, 9.17) is 14.7 Å². The fourth-order valence-corrected chi connectivity index (χ4v) is 3.24. The van der Waals surface area contributed by atoms with Crippen molar-refractivity contribution >= 4 is 0 Å². The first kappa shape index (κ1) is 16.1. The molecule has 0 spiro atoms. The quantitative estimate of drug-likeness (QED) is 0.736. The van der Waals surface area contributed by atoms with E-state index in [1.54, 1.807) is 0 Å². The summed E-state index contributed by atoms with van der Waals surface area (Å²) in [5.74, 6) is 2.79. The maximum atomic E-state index is 8.90. The van der Waals surface area contributed by atoms with Crippen LogP contribution in [0.2, 0.25) is 0 Å². The average molecular weight is 314 g/mol. The van der Waals surface area contributed by atoms with E-state index < -0.39 is 0 Å². The molecule has 0 saturated heterocycles. The number of hydrogen-bond donors (Lipinski definition) is 0. The third-order valence-electron chi connectivity index (χ3n) is 4.53. The number of nitriles is 1. The molecule has 0 aromatic heterocycles. The highest BCUT2D eigenvalue weighted by Crippen LogP contribution is 2.36. The Kier molecular flexibility index (Phi) is 5.07. The summed E-state index contributed by atoms with van der Waals surface area (Å²) in [6.07, 6.45) is 4.43. The van der Waals surface area contributed by atoms with E-state index >= 15 is 0 Å². The van der Waals surface area contributed by atoms with Gasteiger partial charge in [-0.15, -0.1) is 0 Å². The van der Waals surface area contributed by atoms with Crippen molar-refractivity contribution in [1.29, 1.82) is 5.26 Å². The number of fused-ring (bicyclic) bond motifs is 1. The fraction of sp³-hybridized carbons (Fsp3) is 0.632. The van der Waals surface area contributed by atoms with Crippen LogP contribution in [0.25, 0.3) is 0 Å². The third-order valence-corrected chi connectivity index (χ3v) is 4.53. The summed E-state index contributed by atoms with van der Waals surface area (Å²) in [4.78, 5) is 2.39. The fourth-order valence-electron chi connectivity index (χ4n) is 3.24. The average Bonchev–Trinajstić information content (AvgIpc) is 3.25. The Bertz CT molecular complexity index is 590. The van der Waals surface area contributed by atoms with Gasteiger partial charge in [-0.3, -0.25) is 4.90 Å². The summed E-state index contributed by atoms with van der Waals surface area (Å²) in [7, 11) is 0. The topological polar surface area (TPSA) is 45.5 Å². The second-order valence-corrected chi connectivity index (χ2v) is 6.72. The van der Waals surface area contributed by atoms with Gasteiger partial charge in [-0.05, 0) is 44.7 Å². The molecule has 0 bridgehead atoms. The Hall–Kier alpha value is -1.73. The number of hydrogen-bond acceptors (Lipinski definition) is 4. The zero-order valence-corrected chi connectivity index (χ0v) is 14.2. The van der Waals surface area contributed by atoms with Crippen molar-refractivity contribution in [1.82, 2.24) is 4.90 Å². The molecule has 0 unspecified atom stereocenters. The maximum Gasteiger partial charge on any atom is 0.124 e. The molecule has 1 fully saturated rings. The summed E-state index contributed by atoms with van der Waals surface area (Å²) in [5.41, 5.74) is 2.42. The molecule has 2 aliphatic rings. The van der Waals surface area contributed by atoms with Gasteiger partial charge in [0.05, 0.1) is 12.7 Å². The number of rotatable bonds is 8. The van der Waals surface area contributed by atoms with E-state index in [9.17, 15) is 0 Å². The first-order chi connectivity index (χ1) is 11.2. The Morgan fingerprint density at radius 3 is 2.91 bits per heavy atom. The summed E-state index contributed by atoms with van der Waals surface area (Å²) >= 11 is 0. The lowest BCUT2D eigenvalue weighted by atomic mass is 10.1. The summed E-state index contributed by atoms with van der Waals surface area (Å²) in [6.45, 7) is 7.54. The molecule has 1 heterocycles. The minimum atomic E-state index is 0.246. The van der Waals surface area contributed by atoms with E-state index in [0.29, 0.717) is 13.0 Å². The smallest absolute Gasteiger partial charge is 0.124 e. The standard InChI is InChI=1S/C19H26N2O2/c1-3-22-18-10-16-9-14(2)23-19(16)11-17(18)13-21(8-4-7-20)12-15-5-6-15/h10-11,14-15H,3-6,8-9,12-13H2,1-2H3/t14-/m1/s1. The van der Waals surface area contributed by atoms with Crippen LogP contribution in [-0.4, -0.2) is 30.7 Å². The lowest BCUT2D eigenvalue weighted by Gasteiger charge is -2.23.